The molecule has 0 bridgehead atoms. The summed E-state index contributed by atoms with van der Waals surface area (Å²) in [6.07, 6.45) is 1.14. The van der Waals surface area contributed by atoms with E-state index in [9.17, 15) is 0 Å². The Kier molecular flexibility index (Phi) is 6.31. The minimum atomic E-state index is -0.00214. The highest BCUT2D eigenvalue weighted by molar-refractivity contribution is 6.30. The highest BCUT2D eigenvalue weighted by Gasteiger charge is 2.23. The van der Waals surface area contributed by atoms with E-state index < -0.39 is 0 Å². The first-order chi connectivity index (χ1) is 10.9. The van der Waals surface area contributed by atoms with Gasteiger partial charge in [-0.25, -0.2) is 0 Å². The lowest BCUT2D eigenvalue weighted by atomic mass is 9.85. The van der Waals surface area contributed by atoms with Gasteiger partial charge < -0.3 is 15.0 Å². The van der Waals surface area contributed by atoms with Crippen molar-refractivity contribution in [3.05, 3.63) is 34.9 Å². The molecule has 0 spiro atoms. The van der Waals surface area contributed by atoms with Crippen LogP contribution in [0, 0.1) is 5.92 Å². The Morgan fingerprint density at radius 2 is 2.09 bits per heavy atom. The van der Waals surface area contributed by atoms with E-state index >= 15 is 0 Å². The monoisotopic (exact) mass is 337 g/mol. The van der Waals surface area contributed by atoms with Gasteiger partial charge >= 0.3 is 0 Å². The second-order valence-corrected chi connectivity index (χ2v) is 7.34. The van der Waals surface area contributed by atoms with Gasteiger partial charge in [0.1, 0.15) is 0 Å². The summed E-state index contributed by atoms with van der Waals surface area (Å²) in [6.45, 7) is 7.97. The topological polar surface area (TPSA) is 36.9 Å². The zero-order valence-electron chi connectivity index (χ0n) is 14.6. The molecule has 0 radical (unpaired) electrons. The Balaban J connectivity index is 1.92. The lowest BCUT2D eigenvalue weighted by Gasteiger charge is -2.30. The Bertz CT molecular complexity index is 522. The second kappa shape index (κ2) is 8.02. The summed E-state index contributed by atoms with van der Waals surface area (Å²) in [6, 6.07) is 8.07. The molecule has 1 heterocycles. The third kappa shape index (κ3) is 5.11. The summed E-state index contributed by atoms with van der Waals surface area (Å²) in [7, 11) is 3.92. The molecule has 2 rings (SSSR count). The van der Waals surface area contributed by atoms with Crippen LogP contribution in [-0.4, -0.2) is 51.3 Å². The molecule has 4 nitrogen and oxygen atoms in total. The molecule has 1 atom stereocenters. The fraction of sp³-hybridized carbons (Fsp3) is 0.611. The van der Waals surface area contributed by atoms with Crippen LogP contribution in [0.4, 0.5) is 0 Å². The fourth-order valence-electron chi connectivity index (χ4n) is 2.89. The minimum absolute atomic E-state index is 0.00214. The number of ether oxygens (including phenoxy) is 1. The largest absolute Gasteiger partial charge is 0.381 e. The molecule has 128 valence electrons. The summed E-state index contributed by atoms with van der Waals surface area (Å²) in [5.41, 5.74) is 1.26. The average Bonchev–Trinajstić information content (AvgIpc) is 3.01. The molecule has 1 aromatic carbocycles. The molecular formula is C18H28ClN3O. The van der Waals surface area contributed by atoms with Gasteiger partial charge in [-0.15, -0.1) is 0 Å². The average molecular weight is 338 g/mol. The van der Waals surface area contributed by atoms with Crippen molar-refractivity contribution in [3.8, 4) is 0 Å². The Labute approximate surface area is 144 Å². The minimum Gasteiger partial charge on any atom is -0.381 e. The smallest absolute Gasteiger partial charge is 0.193 e. The summed E-state index contributed by atoms with van der Waals surface area (Å²) in [5, 5.41) is 4.27. The van der Waals surface area contributed by atoms with Gasteiger partial charge in [-0.3, -0.25) is 4.99 Å². The number of rotatable bonds is 5. The fourth-order valence-corrected chi connectivity index (χ4v) is 3.01. The van der Waals surface area contributed by atoms with Crippen molar-refractivity contribution in [1.29, 1.82) is 0 Å². The zero-order chi connectivity index (χ0) is 16.9. The van der Waals surface area contributed by atoms with Crippen LogP contribution in [0.5, 0.6) is 0 Å². The number of guanidine groups is 1. The molecule has 1 N–H and O–H groups in total. The summed E-state index contributed by atoms with van der Waals surface area (Å²) >= 11 is 5.98. The quantitative estimate of drug-likeness (QED) is 0.662. The summed E-state index contributed by atoms with van der Waals surface area (Å²) in [5.74, 6) is 1.53. The Morgan fingerprint density at radius 3 is 2.65 bits per heavy atom. The van der Waals surface area contributed by atoms with E-state index in [0.717, 1.165) is 43.7 Å². The molecule has 1 aromatic rings. The van der Waals surface area contributed by atoms with E-state index in [1.165, 1.54) is 5.56 Å². The molecular weight excluding hydrogens is 310 g/mol. The van der Waals surface area contributed by atoms with Crippen LogP contribution in [0.3, 0.4) is 0 Å². The van der Waals surface area contributed by atoms with Crippen LogP contribution in [-0.2, 0) is 10.2 Å². The van der Waals surface area contributed by atoms with Crippen LogP contribution >= 0.6 is 11.6 Å². The molecule has 1 saturated heterocycles. The second-order valence-electron chi connectivity index (χ2n) is 6.90. The molecule has 0 amide bonds. The molecule has 1 unspecified atom stereocenters. The van der Waals surface area contributed by atoms with Gasteiger partial charge in [0.15, 0.2) is 5.96 Å². The van der Waals surface area contributed by atoms with Crippen molar-refractivity contribution >= 4 is 17.6 Å². The van der Waals surface area contributed by atoms with Crippen molar-refractivity contribution < 1.29 is 4.74 Å². The standard InChI is InChI=1S/C18H28ClN3O/c1-18(2,15-5-7-16(19)8-6-15)13-21-17(20-3)22(4)11-14-9-10-23-12-14/h5-8,14H,9-13H2,1-4H3,(H,20,21). The lowest BCUT2D eigenvalue weighted by Crippen LogP contribution is -2.45. The van der Waals surface area contributed by atoms with Gasteiger partial charge in [0.2, 0.25) is 0 Å². The molecule has 1 aliphatic heterocycles. The molecule has 0 saturated carbocycles. The molecule has 23 heavy (non-hydrogen) atoms. The Hall–Kier alpha value is -1.26. The highest BCUT2D eigenvalue weighted by atomic mass is 35.5. The molecule has 5 heteroatoms. The van der Waals surface area contributed by atoms with E-state index in [2.05, 4.69) is 48.2 Å². The van der Waals surface area contributed by atoms with Gasteiger partial charge in [-0.05, 0) is 24.1 Å². The normalized spacial score (nSPS) is 19.0. The van der Waals surface area contributed by atoms with Gasteiger partial charge in [-0.1, -0.05) is 37.6 Å². The van der Waals surface area contributed by atoms with E-state index in [4.69, 9.17) is 16.3 Å². The van der Waals surface area contributed by atoms with Crippen LogP contribution in [0.2, 0.25) is 5.02 Å². The predicted octanol–water partition coefficient (Wildman–Crippen LogP) is 3.16. The van der Waals surface area contributed by atoms with Crippen molar-refractivity contribution in [1.82, 2.24) is 10.2 Å². The summed E-state index contributed by atoms with van der Waals surface area (Å²) < 4.78 is 5.46. The van der Waals surface area contributed by atoms with Crippen LogP contribution < -0.4 is 5.32 Å². The van der Waals surface area contributed by atoms with Crippen molar-refractivity contribution in [2.45, 2.75) is 25.7 Å². The molecule has 1 fully saturated rings. The lowest BCUT2D eigenvalue weighted by molar-refractivity contribution is 0.181. The predicted molar refractivity (Wildman–Crippen MR) is 97.4 cm³/mol. The maximum Gasteiger partial charge on any atom is 0.193 e. The number of halogens is 1. The van der Waals surface area contributed by atoms with Crippen LogP contribution in [0.1, 0.15) is 25.8 Å². The van der Waals surface area contributed by atoms with Crippen molar-refractivity contribution in [3.63, 3.8) is 0 Å². The van der Waals surface area contributed by atoms with E-state index in [1.807, 2.05) is 19.2 Å². The first-order valence-electron chi connectivity index (χ1n) is 8.18. The van der Waals surface area contributed by atoms with Crippen molar-refractivity contribution in [2.75, 3.05) is 40.4 Å². The Morgan fingerprint density at radius 1 is 1.39 bits per heavy atom. The third-order valence-electron chi connectivity index (χ3n) is 4.44. The first-order valence-corrected chi connectivity index (χ1v) is 8.56. The number of nitrogens with one attached hydrogen (secondary N) is 1. The van der Waals surface area contributed by atoms with Gasteiger partial charge in [0, 0.05) is 50.1 Å². The SMILES string of the molecule is CN=C(NCC(C)(C)c1ccc(Cl)cc1)N(C)CC1CCOC1. The molecule has 1 aliphatic rings. The van der Waals surface area contributed by atoms with Gasteiger partial charge in [-0.2, -0.15) is 0 Å². The van der Waals surface area contributed by atoms with E-state index in [0.29, 0.717) is 5.92 Å². The molecule has 0 aromatic heterocycles. The highest BCUT2D eigenvalue weighted by Crippen LogP contribution is 2.24. The van der Waals surface area contributed by atoms with E-state index in [1.54, 1.807) is 0 Å². The number of nitrogens with zero attached hydrogens (tertiary/aromatic N) is 2. The first kappa shape index (κ1) is 18.1. The van der Waals surface area contributed by atoms with Crippen LogP contribution in [0.15, 0.2) is 29.3 Å². The number of hydrogen-bond acceptors (Lipinski definition) is 2. The summed E-state index contributed by atoms with van der Waals surface area (Å²) in [4.78, 5) is 6.60. The van der Waals surface area contributed by atoms with Gasteiger partial charge in [0.05, 0.1) is 6.61 Å². The van der Waals surface area contributed by atoms with Crippen molar-refractivity contribution in [2.24, 2.45) is 10.9 Å². The zero-order valence-corrected chi connectivity index (χ0v) is 15.4. The molecule has 0 aliphatic carbocycles. The third-order valence-corrected chi connectivity index (χ3v) is 4.70. The van der Waals surface area contributed by atoms with E-state index in [-0.39, 0.29) is 5.41 Å². The number of aliphatic imine (C=N–C) groups is 1. The maximum absolute atomic E-state index is 5.98. The van der Waals surface area contributed by atoms with Gasteiger partial charge in [0.25, 0.3) is 0 Å². The number of benzene rings is 1. The number of hydrogen-bond donors (Lipinski definition) is 1. The van der Waals surface area contributed by atoms with Crippen LogP contribution in [0.25, 0.3) is 0 Å². The maximum atomic E-state index is 5.98.